The van der Waals surface area contributed by atoms with Crippen molar-refractivity contribution >= 4 is 23.4 Å². The molecule has 0 aliphatic carbocycles. The maximum absolute atomic E-state index is 12.4. The van der Waals surface area contributed by atoms with Crippen molar-refractivity contribution in [3.63, 3.8) is 0 Å². The van der Waals surface area contributed by atoms with E-state index in [0.29, 0.717) is 13.1 Å². The molecule has 0 radical (unpaired) electrons. The van der Waals surface area contributed by atoms with Crippen molar-refractivity contribution in [1.29, 1.82) is 0 Å². The van der Waals surface area contributed by atoms with Gasteiger partial charge in [0, 0.05) is 18.8 Å². The minimum atomic E-state index is -0.607. The van der Waals surface area contributed by atoms with Gasteiger partial charge in [0.25, 0.3) is 0 Å². The van der Waals surface area contributed by atoms with Gasteiger partial charge in [0.2, 0.25) is 17.7 Å². The number of piperidine rings is 1. The highest BCUT2D eigenvalue weighted by molar-refractivity contribution is 6.03. The van der Waals surface area contributed by atoms with Crippen LogP contribution in [0.1, 0.15) is 38.2 Å². The summed E-state index contributed by atoms with van der Waals surface area (Å²) in [6.07, 6.45) is 1.55. The average molecular weight is 372 g/mol. The second-order valence-electron chi connectivity index (χ2n) is 7.76. The van der Waals surface area contributed by atoms with Crippen molar-refractivity contribution < 1.29 is 14.4 Å². The van der Waals surface area contributed by atoms with Crippen molar-refractivity contribution in [2.75, 3.05) is 25.0 Å². The van der Waals surface area contributed by atoms with E-state index in [1.165, 1.54) is 0 Å². The fraction of sp³-hybridized carbons (Fsp3) is 0.550. The van der Waals surface area contributed by atoms with Crippen molar-refractivity contribution in [1.82, 2.24) is 10.2 Å². The number of nitrogens with zero attached hydrogens (tertiary/aromatic N) is 1. The Bertz CT molecular complexity index is 726. The molecule has 0 aromatic heterocycles. The van der Waals surface area contributed by atoms with Gasteiger partial charge in [0.1, 0.15) is 0 Å². The lowest BCUT2D eigenvalue weighted by Crippen LogP contribution is -2.49. The molecule has 2 heterocycles. The predicted molar refractivity (Wildman–Crippen MR) is 103 cm³/mol. The van der Waals surface area contributed by atoms with E-state index >= 15 is 0 Å². The monoisotopic (exact) mass is 372 g/mol. The molecule has 1 saturated heterocycles. The Kier molecular flexibility index (Phi) is 5.79. The summed E-state index contributed by atoms with van der Waals surface area (Å²) in [4.78, 5) is 38.4. The topological polar surface area (TPSA) is 105 Å². The Morgan fingerprint density at radius 2 is 1.93 bits per heavy atom. The Labute approximate surface area is 159 Å². The predicted octanol–water partition coefficient (Wildman–Crippen LogP) is 1.06. The highest BCUT2D eigenvalue weighted by Gasteiger charge is 2.38. The number of nitrogens with two attached hydrogens (primary N) is 1. The molecular formula is C20H28N4O3. The number of anilines is 1. The standard InChI is InChI=1S/C20H28N4O3/c1-12(2)18(21)20(27)22-11-16(25)24-9-7-13(8-10-24)17-14-5-3-4-6-15(14)23-19(17)26/h3-6,12-13,17-18H,7-11,21H2,1-2H3,(H,22,27)(H,23,26)/t17?,18-/m0/s1. The third kappa shape index (κ3) is 4.13. The number of para-hydroxylation sites is 1. The van der Waals surface area contributed by atoms with Gasteiger partial charge in [-0.3, -0.25) is 14.4 Å². The van der Waals surface area contributed by atoms with E-state index in [2.05, 4.69) is 10.6 Å². The number of hydrogen-bond acceptors (Lipinski definition) is 4. The zero-order chi connectivity index (χ0) is 19.6. The Morgan fingerprint density at radius 1 is 1.26 bits per heavy atom. The first kappa shape index (κ1) is 19.4. The van der Waals surface area contributed by atoms with Crippen LogP contribution in [0.15, 0.2) is 24.3 Å². The summed E-state index contributed by atoms with van der Waals surface area (Å²) < 4.78 is 0. The van der Waals surface area contributed by atoms with E-state index in [4.69, 9.17) is 5.73 Å². The smallest absolute Gasteiger partial charge is 0.241 e. The normalized spacial score (nSPS) is 21.0. The molecule has 1 aromatic carbocycles. The molecule has 2 aliphatic rings. The van der Waals surface area contributed by atoms with Gasteiger partial charge in [-0.15, -0.1) is 0 Å². The number of rotatable bonds is 5. The number of fused-ring (bicyclic) bond motifs is 1. The van der Waals surface area contributed by atoms with E-state index in [1.807, 2.05) is 38.1 Å². The van der Waals surface area contributed by atoms with Crippen LogP contribution >= 0.6 is 0 Å². The van der Waals surface area contributed by atoms with Crippen molar-refractivity contribution in [3.05, 3.63) is 29.8 Å². The second kappa shape index (κ2) is 8.08. The molecule has 1 fully saturated rings. The molecular weight excluding hydrogens is 344 g/mol. The molecule has 146 valence electrons. The highest BCUT2D eigenvalue weighted by Crippen LogP contribution is 2.41. The van der Waals surface area contributed by atoms with Gasteiger partial charge in [0.15, 0.2) is 0 Å². The molecule has 4 N–H and O–H groups in total. The van der Waals surface area contributed by atoms with Crippen LogP contribution in [0.3, 0.4) is 0 Å². The van der Waals surface area contributed by atoms with Crippen molar-refractivity contribution in [2.45, 2.75) is 38.6 Å². The molecule has 7 heteroatoms. The van der Waals surface area contributed by atoms with E-state index < -0.39 is 6.04 Å². The molecule has 2 atom stereocenters. The van der Waals surface area contributed by atoms with Crippen LogP contribution in [0.25, 0.3) is 0 Å². The van der Waals surface area contributed by atoms with Crippen LogP contribution < -0.4 is 16.4 Å². The zero-order valence-electron chi connectivity index (χ0n) is 15.9. The lowest BCUT2D eigenvalue weighted by molar-refractivity contribution is -0.134. The third-order valence-corrected chi connectivity index (χ3v) is 5.63. The first-order valence-corrected chi connectivity index (χ1v) is 9.59. The summed E-state index contributed by atoms with van der Waals surface area (Å²) in [5, 5.41) is 5.58. The zero-order valence-corrected chi connectivity index (χ0v) is 15.9. The molecule has 1 aromatic rings. The molecule has 0 saturated carbocycles. The summed E-state index contributed by atoms with van der Waals surface area (Å²) in [6, 6.07) is 7.20. The van der Waals surface area contributed by atoms with Gasteiger partial charge >= 0.3 is 0 Å². The molecule has 3 rings (SSSR count). The van der Waals surface area contributed by atoms with Gasteiger partial charge in [-0.2, -0.15) is 0 Å². The Balaban J connectivity index is 1.51. The lowest BCUT2D eigenvalue weighted by Gasteiger charge is -2.34. The molecule has 0 bridgehead atoms. The van der Waals surface area contributed by atoms with Gasteiger partial charge in [-0.05, 0) is 36.3 Å². The summed E-state index contributed by atoms with van der Waals surface area (Å²) in [7, 11) is 0. The van der Waals surface area contributed by atoms with E-state index in [0.717, 1.165) is 24.1 Å². The first-order valence-electron chi connectivity index (χ1n) is 9.59. The van der Waals surface area contributed by atoms with Crippen LogP contribution in [0.2, 0.25) is 0 Å². The Hall–Kier alpha value is -2.41. The van der Waals surface area contributed by atoms with Crippen LogP contribution in [0.5, 0.6) is 0 Å². The molecule has 7 nitrogen and oxygen atoms in total. The van der Waals surface area contributed by atoms with Crippen LogP contribution in [-0.2, 0) is 14.4 Å². The number of hydrogen-bond donors (Lipinski definition) is 3. The number of nitrogens with one attached hydrogen (secondary N) is 2. The first-order chi connectivity index (χ1) is 12.9. The lowest BCUT2D eigenvalue weighted by atomic mass is 9.81. The summed E-state index contributed by atoms with van der Waals surface area (Å²) in [5.41, 5.74) is 7.75. The van der Waals surface area contributed by atoms with Gasteiger partial charge in [-0.1, -0.05) is 32.0 Å². The fourth-order valence-corrected chi connectivity index (χ4v) is 3.88. The second-order valence-corrected chi connectivity index (χ2v) is 7.76. The molecule has 27 heavy (non-hydrogen) atoms. The fourth-order valence-electron chi connectivity index (χ4n) is 3.88. The van der Waals surface area contributed by atoms with Crippen LogP contribution in [0.4, 0.5) is 5.69 Å². The molecule has 2 aliphatic heterocycles. The maximum atomic E-state index is 12.4. The summed E-state index contributed by atoms with van der Waals surface area (Å²) >= 11 is 0. The SMILES string of the molecule is CC(C)[C@H](N)C(=O)NCC(=O)N1CCC(C2C(=O)Nc3ccccc32)CC1. The van der Waals surface area contributed by atoms with Crippen LogP contribution in [-0.4, -0.2) is 48.3 Å². The van der Waals surface area contributed by atoms with Crippen LogP contribution in [0, 0.1) is 11.8 Å². The molecule has 1 unspecified atom stereocenters. The number of benzene rings is 1. The highest BCUT2D eigenvalue weighted by atomic mass is 16.2. The summed E-state index contributed by atoms with van der Waals surface area (Å²) in [5.74, 6) is -0.238. The largest absolute Gasteiger partial charge is 0.346 e. The summed E-state index contributed by atoms with van der Waals surface area (Å²) in [6.45, 7) is 4.90. The van der Waals surface area contributed by atoms with E-state index in [-0.39, 0.29) is 42.0 Å². The van der Waals surface area contributed by atoms with Crippen molar-refractivity contribution in [2.24, 2.45) is 17.6 Å². The quantitative estimate of drug-likeness (QED) is 0.719. The number of amides is 3. The van der Waals surface area contributed by atoms with Gasteiger partial charge in [0.05, 0.1) is 18.5 Å². The molecule has 3 amide bonds. The minimum Gasteiger partial charge on any atom is -0.346 e. The number of likely N-dealkylation sites (tertiary alicyclic amines) is 1. The number of carbonyl (C=O) groups is 3. The third-order valence-electron chi connectivity index (χ3n) is 5.63. The van der Waals surface area contributed by atoms with Gasteiger partial charge < -0.3 is 21.3 Å². The van der Waals surface area contributed by atoms with Crippen molar-refractivity contribution in [3.8, 4) is 0 Å². The average Bonchev–Trinajstić information content (AvgIpc) is 3.00. The Morgan fingerprint density at radius 3 is 2.59 bits per heavy atom. The van der Waals surface area contributed by atoms with E-state index in [9.17, 15) is 14.4 Å². The number of carbonyl (C=O) groups excluding carboxylic acids is 3. The molecule has 0 spiro atoms. The maximum Gasteiger partial charge on any atom is 0.241 e. The van der Waals surface area contributed by atoms with E-state index in [1.54, 1.807) is 4.90 Å². The minimum absolute atomic E-state index is 0.0243. The van der Waals surface area contributed by atoms with Gasteiger partial charge in [-0.25, -0.2) is 0 Å².